The maximum absolute atomic E-state index is 6.24. The summed E-state index contributed by atoms with van der Waals surface area (Å²) in [4.78, 5) is 0. The molecule has 4 nitrogen and oxygen atoms in total. The van der Waals surface area contributed by atoms with Crippen LogP contribution < -0.4 is 0 Å². The van der Waals surface area contributed by atoms with Gasteiger partial charge in [-0.1, -0.05) is 45.3 Å². The Kier molecular flexibility index (Phi) is 5.05. The van der Waals surface area contributed by atoms with Gasteiger partial charge in [0.2, 0.25) is 0 Å². The maximum atomic E-state index is 6.24. The van der Waals surface area contributed by atoms with Crippen LogP contribution in [0.3, 0.4) is 0 Å². The third-order valence-corrected chi connectivity index (χ3v) is 4.15. The van der Waals surface area contributed by atoms with E-state index in [1.165, 1.54) is 25.7 Å². The Morgan fingerprint density at radius 2 is 1.85 bits per heavy atom. The highest BCUT2D eigenvalue weighted by atomic mass is 16.5. The normalized spacial score (nSPS) is 31.3. The zero-order valence-corrected chi connectivity index (χ0v) is 13.8. The Labute approximate surface area is 123 Å². The third kappa shape index (κ3) is 3.94. The molecule has 2 rings (SSSR count). The summed E-state index contributed by atoms with van der Waals surface area (Å²) in [6.07, 6.45) is 6.43. The van der Waals surface area contributed by atoms with Crippen LogP contribution in [0.1, 0.15) is 66.7 Å². The molecule has 3 unspecified atom stereocenters. The van der Waals surface area contributed by atoms with Gasteiger partial charge in [-0.25, -0.2) is 0 Å². The van der Waals surface area contributed by atoms with Gasteiger partial charge in [0, 0.05) is 6.04 Å². The number of ether oxygens (including phenoxy) is 1. The first-order valence-electron chi connectivity index (χ1n) is 8.19. The van der Waals surface area contributed by atoms with Gasteiger partial charge >= 0.3 is 0 Å². The molecule has 0 saturated heterocycles. The largest absolute Gasteiger partial charge is 0.375 e. The van der Waals surface area contributed by atoms with Crippen molar-refractivity contribution in [3.05, 3.63) is 0 Å². The molecule has 1 aliphatic carbocycles. The van der Waals surface area contributed by atoms with Gasteiger partial charge < -0.3 is 4.74 Å². The van der Waals surface area contributed by atoms with Crippen LogP contribution in [0.4, 0.5) is 0 Å². The van der Waals surface area contributed by atoms with E-state index in [4.69, 9.17) is 4.74 Å². The summed E-state index contributed by atoms with van der Waals surface area (Å²) in [6.45, 7) is 11.9. The van der Waals surface area contributed by atoms with Crippen LogP contribution in [-0.2, 0) is 4.74 Å². The molecule has 1 heterocycles. The van der Waals surface area contributed by atoms with Gasteiger partial charge in [0.25, 0.3) is 0 Å². The Morgan fingerprint density at radius 1 is 1.15 bits per heavy atom. The highest BCUT2D eigenvalue weighted by Crippen LogP contribution is 2.33. The first-order chi connectivity index (χ1) is 9.38. The lowest BCUT2D eigenvalue weighted by Crippen LogP contribution is -2.45. The molecule has 0 aromatic heterocycles. The fourth-order valence-corrected chi connectivity index (χ4v) is 3.12. The van der Waals surface area contributed by atoms with Crippen molar-refractivity contribution in [2.45, 2.75) is 91.0 Å². The zero-order valence-electron chi connectivity index (χ0n) is 13.8. The number of rotatable bonds is 3. The van der Waals surface area contributed by atoms with E-state index in [9.17, 15) is 0 Å². The molecular weight excluding hydrogens is 250 g/mol. The molecular formula is C16H31N3O. The van der Waals surface area contributed by atoms with Crippen LogP contribution in [-0.4, -0.2) is 35.8 Å². The predicted molar refractivity (Wildman–Crippen MR) is 81.7 cm³/mol. The fourth-order valence-electron chi connectivity index (χ4n) is 3.12. The summed E-state index contributed by atoms with van der Waals surface area (Å²) < 4.78 is 6.24. The Hall–Kier alpha value is -0.640. The summed E-state index contributed by atoms with van der Waals surface area (Å²) in [7, 11) is 0. The van der Waals surface area contributed by atoms with Crippen LogP contribution in [0.25, 0.3) is 0 Å². The lowest BCUT2D eigenvalue weighted by atomic mass is 9.89. The molecule has 0 radical (unpaired) electrons. The van der Waals surface area contributed by atoms with Crippen LogP contribution in [0.5, 0.6) is 0 Å². The van der Waals surface area contributed by atoms with Crippen molar-refractivity contribution in [3.63, 3.8) is 0 Å². The summed E-state index contributed by atoms with van der Waals surface area (Å²) >= 11 is 0. The molecule has 0 N–H and O–H groups in total. The van der Waals surface area contributed by atoms with E-state index >= 15 is 0 Å². The quantitative estimate of drug-likeness (QED) is 0.777. The first-order valence-corrected chi connectivity index (χ1v) is 8.19. The van der Waals surface area contributed by atoms with Crippen LogP contribution in [0.2, 0.25) is 0 Å². The molecule has 0 spiro atoms. The molecule has 116 valence electrons. The summed E-state index contributed by atoms with van der Waals surface area (Å²) in [6, 6.07) is 1.11. The number of hydrogen-bond donors (Lipinski definition) is 0. The van der Waals surface area contributed by atoms with E-state index in [0.717, 1.165) is 13.0 Å². The van der Waals surface area contributed by atoms with Crippen molar-refractivity contribution >= 4 is 0 Å². The molecule has 4 heteroatoms. The highest BCUT2D eigenvalue weighted by molar-refractivity contribution is 4.94. The highest BCUT2D eigenvalue weighted by Gasteiger charge is 2.40. The lowest BCUT2D eigenvalue weighted by molar-refractivity contribution is -0.0243. The lowest BCUT2D eigenvalue weighted by Gasteiger charge is -2.34. The van der Waals surface area contributed by atoms with Crippen molar-refractivity contribution in [1.82, 2.24) is 5.01 Å². The number of nitrogens with zero attached hydrogens (tertiary/aromatic N) is 3. The van der Waals surface area contributed by atoms with Gasteiger partial charge in [0.1, 0.15) is 6.04 Å². The second-order valence-electron chi connectivity index (χ2n) is 7.78. The third-order valence-electron chi connectivity index (χ3n) is 4.15. The second-order valence-corrected chi connectivity index (χ2v) is 7.78. The minimum atomic E-state index is 0.214. The number of hydrogen-bond acceptors (Lipinski definition) is 4. The summed E-state index contributed by atoms with van der Waals surface area (Å²) in [5.74, 6) is 0. The Morgan fingerprint density at radius 3 is 2.50 bits per heavy atom. The molecule has 3 atom stereocenters. The van der Waals surface area contributed by atoms with E-state index in [-0.39, 0.29) is 17.6 Å². The van der Waals surface area contributed by atoms with Gasteiger partial charge in [-0.2, -0.15) is 5.11 Å². The van der Waals surface area contributed by atoms with Crippen molar-refractivity contribution in [2.75, 3.05) is 6.61 Å². The zero-order chi connectivity index (χ0) is 14.8. The van der Waals surface area contributed by atoms with E-state index in [2.05, 4.69) is 50.0 Å². The predicted octanol–water partition coefficient (Wildman–Crippen LogP) is 4.21. The standard InChI is InChI=1S/C16H31N3O/c1-12(2)19-13-9-7-6-8-10-14(15(13)17-18-19)20-11-16(3,4)5/h12-15H,6-11H2,1-5H3. The van der Waals surface area contributed by atoms with E-state index in [0.29, 0.717) is 12.1 Å². The van der Waals surface area contributed by atoms with E-state index in [1.54, 1.807) is 0 Å². The first kappa shape index (κ1) is 15.7. The minimum Gasteiger partial charge on any atom is -0.375 e. The topological polar surface area (TPSA) is 37.2 Å². The summed E-state index contributed by atoms with van der Waals surface area (Å²) in [5, 5.41) is 11.2. The second kappa shape index (κ2) is 6.42. The SMILES string of the molecule is CC(C)N1N=NC2C(OCC(C)(C)C)CCCCCC21. The molecule has 20 heavy (non-hydrogen) atoms. The molecule has 1 fully saturated rings. The molecule has 0 aromatic carbocycles. The minimum absolute atomic E-state index is 0.214. The fraction of sp³-hybridized carbons (Fsp3) is 1.00. The monoisotopic (exact) mass is 281 g/mol. The summed E-state index contributed by atoms with van der Waals surface area (Å²) in [5.41, 5.74) is 0.214. The van der Waals surface area contributed by atoms with Crippen molar-refractivity contribution < 1.29 is 4.74 Å². The van der Waals surface area contributed by atoms with Crippen molar-refractivity contribution in [3.8, 4) is 0 Å². The average Bonchev–Trinajstić information content (AvgIpc) is 2.70. The number of fused-ring (bicyclic) bond motifs is 1. The Balaban J connectivity index is 2.04. The molecule has 1 saturated carbocycles. The smallest absolute Gasteiger partial charge is 0.121 e. The molecule has 0 bridgehead atoms. The maximum Gasteiger partial charge on any atom is 0.121 e. The van der Waals surface area contributed by atoms with Gasteiger partial charge in [-0.15, -0.1) is 0 Å². The Bertz CT molecular complexity index is 335. The van der Waals surface area contributed by atoms with E-state index in [1.807, 2.05) is 0 Å². The van der Waals surface area contributed by atoms with Crippen LogP contribution in [0.15, 0.2) is 10.3 Å². The molecule has 2 aliphatic rings. The molecule has 1 aliphatic heterocycles. The average molecular weight is 281 g/mol. The van der Waals surface area contributed by atoms with Gasteiger partial charge in [-0.05, 0) is 32.1 Å². The van der Waals surface area contributed by atoms with Crippen LogP contribution in [0, 0.1) is 5.41 Å². The van der Waals surface area contributed by atoms with Crippen molar-refractivity contribution in [2.24, 2.45) is 15.8 Å². The van der Waals surface area contributed by atoms with Crippen LogP contribution >= 0.6 is 0 Å². The van der Waals surface area contributed by atoms with E-state index < -0.39 is 0 Å². The van der Waals surface area contributed by atoms with Gasteiger partial charge in [0.05, 0.1) is 18.8 Å². The van der Waals surface area contributed by atoms with Crippen molar-refractivity contribution in [1.29, 1.82) is 0 Å². The molecule has 0 aromatic rings. The molecule has 0 amide bonds. The van der Waals surface area contributed by atoms with Gasteiger partial charge in [-0.3, -0.25) is 5.01 Å². The van der Waals surface area contributed by atoms with Gasteiger partial charge in [0.15, 0.2) is 0 Å².